The van der Waals surface area contributed by atoms with Gasteiger partial charge in [-0.05, 0) is 68.1 Å². The van der Waals surface area contributed by atoms with E-state index in [0.29, 0.717) is 0 Å². The third-order valence-corrected chi connectivity index (χ3v) is 8.50. The molecule has 0 spiro atoms. The maximum Gasteiger partial charge on any atom is 0.501 e. The molecule has 2 saturated heterocycles. The molecule has 8 nitrogen and oxygen atoms in total. The number of anilines is 2. The quantitative estimate of drug-likeness (QED) is 0.424. The number of hydrogen-bond acceptors (Lipinski definition) is 6. The van der Waals surface area contributed by atoms with Crippen molar-refractivity contribution in [3.63, 3.8) is 0 Å². The van der Waals surface area contributed by atoms with Gasteiger partial charge in [-0.25, -0.2) is 23.1 Å². The van der Waals surface area contributed by atoms with Crippen molar-refractivity contribution in [2.75, 3.05) is 22.9 Å². The number of piperidine rings is 1. The summed E-state index contributed by atoms with van der Waals surface area (Å²) in [4.78, 5) is 34.8. The molecule has 2 fully saturated rings. The Morgan fingerprint density at radius 3 is 2.29 bits per heavy atom. The third kappa shape index (κ3) is 4.46. The summed E-state index contributed by atoms with van der Waals surface area (Å²) in [5.74, 6) is 0.249. The highest BCUT2D eigenvalue weighted by atomic mass is 32.2. The molecule has 1 unspecified atom stereocenters. The van der Waals surface area contributed by atoms with E-state index in [1.807, 2.05) is 30.3 Å². The smallest absolute Gasteiger partial charge is 0.357 e. The number of para-hydroxylation sites is 1. The zero-order valence-electron chi connectivity index (χ0n) is 20.5. The van der Waals surface area contributed by atoms with Crippen molar-refractivity contribution in [3.05, 3.63) is 60.2 Å². The van der Waals surface area contributed by atoms with Gasteiger partial charge in [0.25, 0.3) is 15.7 Å². The van der Waals surface area contributed by atoms with Crippen molar-refractivity contribution in [3.8, 4) is 0 Å². The zero-order chi connectivity index (χ0) is 27.2. The van der Waals surface area contributed by atoms with Gasteiger partial charge in [0.15, 0.2) is 0 Å². The number of carbonyl (C=O) groups is 2. The topological polar surface area (TPSA) is 90.9 Å². The van der Waals surface area contributed by atoms with Crippen molar-refractivity contribution >= 4 is 44.2 Å². The minimum Gasteiger partial charge on any atom is -0.357 e. The van der Waals surface area contributed by atoms with Crippen LogP contribution in [0.1, 0.15) is 31.7 Å². The Kier molecular flexibility index (Phi) is 6.54. The fourth-order valence-corrected chi connectivity index (χ4v) is 5.65. The number of alkyl halides is 3. The molecule has 3 aromatic rings. The third-order valence-electron chi connectivity index (χ3n) is 7.00. The monoisotopic (exact) mass is 546 g/mol. The van der Waals surface area contributed by atoms with Gasteiger partial charge in [0, 0.05) is 25.0 Å². The lowest BCUT2D eigenvalue weighted by atomic mass is 10.1. The molecule has 5 rings (SSSR count). The van der Waals surface area contributed by atoms with E-state index in [-0.39, 0.29) is 12.2 Å². The normalized spacial score (nSPS) is 19.1. The van der Waals surface area contributed by atoms with Crippen LogP contribution in [-0.4, -0.2) is 54.9 Å². The Bertz CT molecular complexity index is 1500. The number of halogens is 3. The first-order valence-electron chi connectivity index (χ1n) is 12.2. The number of imide groups is 1. The van der Waals surface area contributed by atoms with Crippen molar-refractivity contribution in [2.24, 2.45) is 0 Å². The van der Waals surface area contributed by atoms with Gasteiger partial charge in [-0.15, -0.1) is 0 Å². The highest BCUT2D eigenvalue weighted by Gasteiger charge is 2.47. The average Bonchev–Trinajstić information content (AvgIpc) is 3.11. The summed E-state index contributed by atoms with van der Waals surface area (Å²) in [5, 5.41) is 0.848. The van der Waals surface area contributed by atoms with E-state index in [1.54, 1.807) is 6.92 Å². The van der Waals surface area contributed by atoms with E-state index in [1.165, 1.54) is 4.90 Å². The molecule has 3 amide bonds. The second-order valence-electron chi connectivity index (χ2n) is 9.41. The molecule has 38 heavy (non-hydrogen) atoms. The molecule has 200 valence electrons. The molecule has 3 heterocycles. The van der Waals surface area contributed by atoms with E-state index in [4.69, 9.17) is 4.98 Å². The summed E-state index contributed by atoms with van der Waals surface area (Å²) in [5.41, 5.74) is -3.88. The average molecular weight is 547 g/mol. The Balaban J connectivity index is 1.45. The predicted molar refractivity (Wildman–Crippen MR) is 135 cm³/mol. The molecular weight excluding hydrogens is 521 g/mol. The molecule has 0 bridgehead atoms. The van der Waals surface area contributed by atoms with Gasteiger partial charge in [0.05, 0.1) is 16.1 Å². The molecule has 1 atom stereocenters. The number of sulfone groups is 1. The highest BCUT2D eigenvalue weighted by Crippen LogP contribution is 2.34. The molecule has 12 heteroatoms. The van der Waals surface area contributed by atoms with Gasteiger partial charge in [0.2, 0.25) is 0 Å². The molecule has 0 saturated carbocycles. The Hall–Kier alpha value is -3.67. The minimum atomic E-state index is -5.55. The van der Waals surface area contributed by atoms with Crippen LogP contribution in [0.5, 0.6) is 0 Å². The summed E-state index contributed by atoms with van der Waals surface area (Å²) in [7, 11) is -5.55. The number of fused-ring (bicyclic) bond motifs is 1. The van der Waals surface area contributed by atoms with E-state index in [2.05, 4.69) is 4.90 Å². The lowest BCUT2D eigenvalue weighted by molar-refractivity contribution is -0.119. The van der Waals surface area contributed by atoms with Gasteiger partial charge in [0.1, 0.15) is 11.9 Å². The minimum absolute atomic E-state index is 0.0101. The van der Waals surface area contributed by atoms with Crippen LogP contribution in [0.25, 0.3) is 10.9 Å². The second-order valence-corrected chi connectivity index (χ2v) is 11.3. The largest absolute Gasteiger partial charge is 0.501 e. The number of aromatic nitrogens is 1. The first-order chi connectivity index (χ1) is 18.0. The Morgan fingerprint density at radius 1 is 0.974 bits per heavy atom. The number of nitrogens with zero attached hydrogens (tertiary/aromatic N) is 4. The molecule has 0 N–H and O–H groups in total. The first kappa shape index (κ1) is 26.0. The molecule has 2 aliphatic heterocycles. The number of benzene rings is 2. The van der Waals surface area contributed by atoms with Crippen LogP contribution in [0.4, 0.5) is 29.5 Å². The fourth-order valence-electron chi connectivity index (χ4n) is 4.89. The molecule has 2 aliphatic rings. The van der Waals surface area contributed by atoms with E-state index < -0.39 is 38.2 Å². The second kappa shape index (κ2) is 9.57. The van der Waals surface area contributed by atoms with Gasteiger partial charge >= 0.3 is 11.5 Å². The Labute approximate surface area is 217 Å². The maximum atomic E-state index is 13.4. The van der Waals surface area contributed by atoms with Crippen LogP contribution < -0.4 is 9.80 Å². The van der Waals surface area contributed by atoms with Gasteiger partial charge < -0.3 is 9.80 Å². The van der Waals surface area contributed by atoms with E-state index in [9.17, 15) is 31.2 Å². The summed E-state index contributed by atoms with van der Waals surface area (Å²) in [6.07, 6.45) is 3.30. The lowest BCUT2D eigenvalue weighted by Crippen LogP contribution is -2.34. The van der Waals surface area contributed by atoms with E-state index in [0.717, 1.165) is 83.8 Å². The zero-order valence-corrected chi connectivity index (χ0v) is 21.3. The van der Waals surface area contributed by atoms with Crippen LogP contribution in [0.3, 0.4) is 0 Å². The van der Waals surface area contributed by atoms with Crippen LogP contribution in [-0.2, 0) is 21.2 Å². The van der Waals surface area contributed by atoms with Crippen LogP contribution in [0.2, 0.25) is 0 Å². The molecular formula is C26H25F3N4O4S. The summed E-state index contributed by atoms with van der Waals surface area (Å²) in [6, 6.07) is 11.6. The molecule has 0 aliphatic carbocycles. The maximum absolute atomic E-state index is 13.4. The van der Waals surface area contributed by atoms with Crippen LogP contribution >= 0.6 is 0 Å². The fraction of sp³-hybridized carbons (Fsp3) is 0.346. The number of urea groups is 1. The summed E-state index contributed by atoms with van der Waals surface area (Å²) in [6.45, 7) is 3.47. The van der Waals surface area contributed by atoms with Crippen molar-refractivity contribution in [2.45, 2.75) is 49.2 Å². The van der Waals surface area contributed by atoms with E-state index >= 15 is 0 Å². The van der Waals surface area contributed by atoms with Crippen LogP contribution in [0, 0.1) is 0 Å². The van der Waals surface area contributed by atoms with Crippen molar-refractivity contribution in [1.29, 1.82) is 0 Å². The summed E-state index contributed by atoms with van der Waals surface area (Å²) >= 11 is 0. The predicted octanol–water partition coefficient (Wildman–Crippen LogP) is 4.88. The van der Waals surface area contributed by atoms with Crippen molar-refractivity contribution < 1.29 is 31.2 Å². The van der Waals surface area contributed by atoms with Gasteiger partial charge in [-0.1, -0.05) is 18.2 Å². The molecule has 1 aromatic heterocycles. The Morgan fingerprint density at radius 2 is 1.63 bits per heavy atom. The lowest BCUT2D eigenvalue weighted by Gasteiger charge is -2.29. The standard InChI is InChI=1S/C26H25F3N4O4S/c1-17-24(34)33(19-9-11-20(12-10-19)38(36,37)26(27,28)29)25(35)32(17)16-18-15-23(31-13-5-2-6-14-31)30-22-8-4-3-7-21(18)22/h3-4,7-12,15,17H,2,5-6,13-14,16H2,1H3. The summed E-state index contributed by atoms with van der Waals surface area (Å²) < 4.78 is 62.0. The molecule has 2 aromatic carbocycles. The number of amides is 3. The SMILES string of the molecule is CC1C(=O)N(c2ccc(S(=O)(=O)C(F)(F)F)cc2)C(=O)N1Cc1cc(N2CCCCC2)nc2ccccc12. The van der Waals surface area contributed by atoms with Gasteiger partial charge in [-0.3, -0.25) is 4.79 Å². The first-order valence-corrected chi connectivity index (χ1v) is 13.7. The van der Waals surface area contributed by atoms with Crippen LogP contribution in [0.15, 0.2) is 59.5 Å². The number of hydrogen-bond donors (Lipinski definition) is 0. The number of rotatable bonds is 5. The number of carbonyl (C=O) groups excluding carboxylic acids is 2. The van der Waals surface area contributed by atoms with Crippen molar-refractivity contribution in [1.82, 2.24) is 9.88 Å². The number of pyridine rings is 1. The van der Waals surface area contributed by atoms with Gasteiger partial charge in [-0.2, -0.15) is 13.2 Å². The molecule has 0 radical (unpaired) electrons. The highest BCUT2D eigenvalue weighted by molar-refractivity contribution is 7.92.